The van der Waals surface area contributed by atoms with Crippen LogP contribution in [0.5, 0.6) is 0 Å². The number of hydrogen-bond donors (Lipinski definition) is 1. The van der Waals surface area contributed by atoms with Gasteiger partial charge in [-0.25, -0.2) is 13.2 Å². The highest BCUT2D eigenvalue weighted by Gasteiger charge is 2.27. The van der Waals surface area contributed by atoms with Crippen LogP contribution in [0.2, 0.25) is 0 Å². The summed E-state index contributed by atoms with van der Waals surface area (Å²) in [5, 5.41) is 3.28. The highest BCUT2D eigenvalue weighted by molar-refractivity contribution is 5.34. The van der Waals surface area contributed by atoms with Crippen LogP contribution in [0.4, 0.5) is 13.2 Å². The molecule has 1 saturated heterocycles. The van der Waals surface area contributed by atoms with Crippen LogP contribution in [0.15, 0.2) is 42.5 Å². The molecular weight excluding hydrogens is 301 g/mol. The lowest BCUT2D eigenvalue weighted by atomic mass is 9.95. The van der Waals surface area contributed by atoms with Crippen molar-refractivity contribution in [2.24, 2.45) is 0 Å². The molecule has 1 N–H and O–H groups in total. The molecule has 3 rings (SSSR count). The third kappa shape index (κ3) is 3.57. The summed E-state index contributed by atoms with van der Waals surface area (Å²) in [7, 11) is 0. The molecule has 2 nitrogen and oxygen atoms in total. The molecule has 2 aromatic rings. The van der Waals surface area contributed by atoms with Crippen LogP contribution in [0.25, 0.3) is 0 Å². The first kappa shape index (κ1) is 16.0. The lowest BCUT2D eigenvalue weighted by Crippen LogP contribution is -2.34. The molecule has 1 atom stereocenters. The molecule has 0 radical (unpaired) electrons. The number of rotatable bonds is 3. The molecule has 0 amide bonds. The number of nitrogens with one attached hydrogen (secondary N) is 1. The van der Waals surface area contributed by atoms with E-state index in [2.05, 4.69) is 10.2 Å². The van der Waals surface area contributed by atoms with Crippen LogP contribution in [0.3, 0.4) is 0 Å². The van der Waals surface area contributed by atoms with Crippen molar-refractivity contribution in [3.63, 3.8) is 0 Å². The number of hydrogen-bond acceptors (Lipinski definition) is 2. The summed E-state index contributed by atoms with van der Waals surface area (Å²) in [5.74, 6) is -1.65. The largest absolute Gasteiger partial charge is 0.315 e. The van der Waals surface area contributed by atoms with Gasteiger partial charge in [-0.3, -0.25) is 4.90 Å². The Labute approximate surface area is 133 Å². The molecule has 1 aliphatic heterocycles. The Morgan fingerprint density at radius 1 is 0.870 bits per heavy atom. The zero-order chi connectivity index (χ0) is 16.2. The summed E-state index contributed by atoms with van der Waals surface area (Å²) in [6.45, 7) is 3.04. The highest BCUT2D eigenvalue weighted by Crippen LogP contribution is 2.32. The van der Waals surface area contributed by atoms with Gasteiger partial charge in [-0.2, -0.15) is 0 Å². The number of halogens is 3. The molecule has 0 aliphatic carbocycles. The topological polar surface area (TPSA) is 15.3 Å². The molecule has 0 aromatic heterocycles. The number of nitrogens with zero attached hydrogens (tertiary/aromatic N) is 1. The van der Waals surface area contributed by atoms with E-state index in [4.69, 9.17) is 0 Å². The average molecular weight is 320 g/mol. The Morgan fingerprint density at radius 2 is 1.65 bits per heavy atom. The minimum Gasteiger partial charge on any atom is -0.315 e. The number of benzene rings is 2. The van der Waals surface area contributed by atoms with Crippen LogP contribution in [-0.2, 0) is 0 Å². The minimum atomic E-state index is -0.643. The van der Waals surface area contributed by atoms with E-state index in [0.29, 0.717) is 17.7 Å². The van der Waals surface area contributed by atoms with Gasteiger partial charge in [0.1, 0.15) is 17.5 Å². The van der Waals surface area contributed by atoms with Gasteiger partial charge in [0.15, 0.2) is 0 Å². The molecule has 5 heteroatoms. The van der Waals surface area contributed by atoms with Gasteiger partial charge >= 0.3 is 0 Å². The van der Waals surface area contributed by atoms with Crippen molar-refractivity contribution in [2.75, 3.05) is 26.2 Å². The van der Waals surface area contributed by atoms with Gasteiger partial charge < -0.3 is 5.32 Å². The molecule has 122 valence electrons. The zero-order valence-corrected chi connectivity index (χ0v) is 12.7. The SMILES string of the molecule is Fc1ccc(C(c2ccccc2F)N2CCCNCC2)c(F)c1. The molecule has 2 aromatic carbocycles. The maximum Gasteiger partial charge on any atom is 0.131 e. The van der Waals surface area contributed by atoms with Gasteiger partial charge in [-0.1, -0.05) is 24.3 Å². The zero-order valence-electron chi connectivity index (χ0n) is 12.7. The van der Waals surface area contributed by atoms with Crippen LogP contribution in [-0.4, -0.2) is 31.1 Å². The molecule has 1 aliphatic rings. The third-order valence-electron chi connectivity index (χ3n) is 4.20. The van der Waals surface area contributed by atoms with E-state index >= 15 is 0 Å². The van der Waals surface area contributed by atoms with Crippen molar-refractivity contribution >= 4 is 0 Å². The Hall–Kier alpha value is -1.85. The van der Waals surface area contributed by atoms with Crippen molar-refractivity contribution in [3.05, 3.63) is 71.0 Å². The molecule has 0 bridgehead atoms. The van der Waals surface area contributed by atoms with Gasteiger partial charge in [-0.15, -0.1) is 0 Å². The second kappa shape index (κ2) is 7.15. The first-order valence-electron chi connectivity index (χ1n) is 7.81. The maximum absolute atomic E-state index is 14.4. The van der Waals surface area contributed by atoms with E-state index in [0.717, 1.165) is 32.1 Å². The predicted octanol–water partition coefficient (Wildman–Crippen LogP) is 3.49. The highest BCUT2D eigenvalue weighted by atomic mass is 19.1. The van der Waals surface area contributed by atoms with E-state index in [1.54, 1.807) is 18.2 Å². The fourth-order valence-corrected chi connectivity index (χ4v) is 3.11. The molecular formula is C18H19F3N2. The van der Waals surface area contributed by atoms with Crippen LogP contribution < -0.4 is 5.32 Å². The second-order valence-corrected chi connectivity index (χ2v) is 5.73. The van der Waals surface area contributed by atoms with Crippen LogP contribution in [0.1, 0.15) is 23.6 Å². The molecule has 0 saturated carbocycles. The first-order chi connectivity index (χ1) is 11.2. The second-order valence-electron chi connectivity index (χ2n) is 5.73. The van der Waals surface area contributed by atoms with E-state index in [1.807, 2.05) is 0 Å². The molecule has 1 unspecified atom stereocenters. The normalized spacial score (nSPS) is 17.7. The Balaban J connectivity index is 2.07. The summed E-state index contributed by atoms with van der Waals surface area (Å²) in [6, 6.07) is 9.34. The van der Waals surface area contributed by atoms with Gasteiger partial charge in [0.25, 0.3) is 0 Å². The van der Waals surface area contributed by atoms with E-state index in [1.165, 1.54) is 18.2 Å². The lowest BCUT2D eigenvalue weighted by Gasteiger charge is -2.31. The smallest absolute Gasteiger partial charge is 0.131 e. The van der Waals surface area contributed by atoms with Crippen molar-refractivity contribution < 1.29 is 13.2 Å². The summed E-state index contributed by atoms with van der Waals surface area (Å²) in [6.07, 6.45) is 0.897. The average Bonchev–Trinajstić information content (AvgIpc) is 2.80. The summed E-state index contributed by atoms with van der Waals surface area (Å²) in [5.41, 5.74) is 0.721. The maximum atomic E-state index is 14.4. The van der Waals surface area contributed by atoms with E-state index in [9.17, 15) is 13.2 Å². The predicted molar refractivity (Wildman–Crippen MR) is 83.7 cm³/mol. The van der Waals surface area contributed by atoms with Gasteiger partial charge in [0.05, 0.1) is 6.04 Å². The van der Waals surface area contributed by atoms with Crippen LogP contribution >= 0.6 is 0 Å². The Bertz CT molecular complexity index is 667. The van der Waals surface area contributed by atoms with E-state index < -0.39 is 17.7 Å². The van der Waals surface area contributed by atoms with Gasteiger partial charge in [0.2, 0.25) is 0 Å². The van der Waals surface area contributed by atoms with Crippen LogP contribution in [0, 0.1) is 17.5 Å². The quantitative estimate of drug-likeness (QED) is 0.931. The summed E-state index contributed by atoms with van der Waals surface area (Å²) >= 11 is 0. The fraction of sp³-hybridized carbons (Fsp3) is 0.333. The summed E-state index contributed by atoms with van der Waals surface area (Å²) in [4.78, 5) is 2.05. The van der Waals surface area contributed by atoms with E-state index in [-0.39, 0.29) is 5.82 Å². The minimum absolute atomic E-state index is 0.304. The van der Waals surface area contributed by atoms with Crippen molar-refractivity contribution in [2.45, 2.75) is 12.5 Å². The Kier molecular flexibility index (Phi) is 4.98. The fourth-order valence-electron chi connectivity index (χ4n) is 3.11. The molecule has 1 fully saturated rings. The van der Waals surface area contributed by atoms with Gasteiger partial charge in [-0.05, 0) is 25.1 Å². The molecule has 0 spiro atoms. The lowest BCUT2D eigenvalue weighted by molar-refractivity contribution is 0.232. The van der Waals surface area contributed by atoms with Crippen molar-refractivity contribution in [3.8, 4) is 0 Å². The van der Waals surface area contributed by atoms with Gasteiger partial charge in [0, 0.05) is 36.8 Å². The standard InChI is InChI=1S/C18H19F3N2/c19-13-6-7-15(17(21)12-13)18(14-4-1-2-5-16(14)20)23-10-3-8-22-9-11-23/h1-2,4-7,12,18,22H,3,8-11H2. The molecule has 23 heavy (non-hydrogen) atoms. The monoisotopic (exact) mass is 320 g/mol. The van der Waals surface area contributed by atoms with Crippen molar-refractivity contribution in [1.29, 1.82) is 0 Å². The van der Waals surface area contributed by atoms with Crippen molar-refractivity contribution in [1.82, 2.24) is 10.2 Å². The first-order valence-corrected chi connectivity index (χ1v) is 7.81. The third-order valence-corrected chi connectivity index (χ3v) is 4.20. The summed E-state index contributed by atoms with van der Waals surface area (Å²) < 4.78 is 42.0. The Morgan fingerprint density at radius 3 is 2.43 bits per heavy atom. The molecule has 1 heterocycles.